The van der Waals surface area contributed by atoms with Crippen LogP contribution in [-0.4, -0.2) is 35.8 Å². The Morgan fingerprint density at radius 3 is 2.40 bits per heavy atom. The average molecular weight is 301 g/mol. The van der Waals surface area contributed by atoms with Gasteiger partial charge in [0.25, 0.3) is 0 Å². The van der Waals surface area contributed by atoms with Crippen LogP contribution in [0, 0.1) is 19.3 Å². The van der Waals surface area contributed by atoms with E-state index in [1.807, 2.05) is 0 Å². The third-order valence-electron chi connectivity index (χ3n) is 4.08. The second-order valence-electron chi connectivity index (χ2n) is 5.39. The normalized spacial score (nSPS) is 17.8. The van der Waals surface area contributed by atoms with Crippen molar-refractivity contribution in [2.45, 2.75) is 38.0 Å². The molecule has 0 spiro atoms. The van der Waals surface area contributed by atoms with Gasteiger partial charge in [0, 0.05) is 13.6 Å². The van der Waals surface area contributed by atoms with Gasteiger partial charge in [-0.2, -0.15) is 5.10 Å². The van der Waals surface area contributed by atoms with Crippen molar-refractivity contribution in [2.24, 2.45) is 12.5 Å². The number of carbonyl (C=O) groups is 1. The summed E-state index contributed by atoms with van der Waals surface area (Å²) >= 11 is 0. The number of carboxylic acid groups (broad SMARTS) is 1. The van der Waals surface area contributed by atoms with Crippen molar-refractivity contribution in [2.75, 3.05) is 6.54 Å². The van der Waals surface area contributed by atoms with E-state index in [-0.39, 0.29) is 11.4 Å². The van der Waals surface area contributed by atoms with Gasteiger partial charge >= 0.3 is 5.97 Å². The van der Waals surface area contributed by atoms with Crippen LogP contribution in [0.15, 0.2) is 4.90 Å². The predicted octanol–water partition coefficient (Wildman–Crippen LogP) is 0.570. The van der Waals surface area contributed by atoms with Gasteiger partial charge in [0.2, 0.25) is 10.0 Å². The first-order chi connectivity index (χ1) is 9.19. The van der Waals surface area contributed by atoms with Crippen LogP contribution in [-0.2, 0) is 21.9 Å². The first-order valence-electron chi connectivity index (χ1n) is 6.43. The number of carboxylic acids is 1. The van der Waals surface area contributed by atoms with E-state index in [1.54, 1.807) is 20.9 Å². The molecule has 1 aromatic rings. The van der Waals surface area contributed by atoms with Crippen LogP contribution < -0.4 is 4.72 Å². The van der Waals surface area contributed by atoms with Crippen LogP contribution in [0.2, 0.25) is 0 Å². The van der Waals surface area contributed by atoms with E-state index >= 15 is 0 Å². The zero-order chi connectivity index (χ0) is 15.1. The van der Waals surface area contributed by atoms with E-state index in [1.165, 1.54) is 4.68 Å². The van der Waals surface area contributed by atoms with E-state index in [0.29, 0.717) is 24.2 Å². The van der Waals surface area contributed by atoms with Crippen LogP contribution in [0.1, 0.15) is 30.7 Å². The Labute approximate surface area is 118 Å². The van der Waals surface area contributed by atoms with Crippen molar-refractivity contribution in [1.82, 2.24) is 14.5 Å². The summed E-state index contributed by atoms with van der Waals surface area (Å²) in [5.41, 5.74) is 0.000323. The zero-order valence-corrected chi connectivity index (χ0v) is 12.6. The second kappa shape index (κ2) is 4.85. The fourth-order valence-electron chi connectivity index (χ4n) is 2.52. The highest BCUT2D eigenvalue weighted by molar-refractivity contribution is 7.89. The minimum atomic E-state index is -3.74. The molecule has 2 rings (SSSR count). The van der Waals surface area contributed by atoms with Crippen molar-refractivity contribution in [3.8, 4) is 0 Å². The molecule has 2 N–H and O–H groups in total. The average Bonchev–Trinajstić information content (AvgIpc) is 2.50. The summed E-state index contributed by atoms with van der Waals surface area (Å²) in [6, 6.07) is 0. The fourth-order valence-corrected chi connectivity index (χ4v) is 4.08. The molecule has 112 valence electrons. The molecule has 0 aromatic carbocycles. The molecule has 20 heavy (non-hydrogen) atoms. The van der Waals surface area contributed by atoms with Crippen LogP contribution in [0.25, 0.3) is 0 Å². The molecule has 0 unspecified atom stereocenters. The topological polar surface area (TPSA) is 101 Å². The van der Waals surface area contributed by atoms with Crippen LogP contribution in [0.3, 0.4) is 0 Å². The van der Waals surface area contributed by atoms with Gasteiger partial charge < -0.3 is 5.11 Å². The van der Waals surface area contributed by atoms with E-state index in [4.69, 9.17) is 0 Å². The van der Waals surface area contributed by atoms with Crippen molar-refractivity contribution >= 4 is 16.0 Å². The van der Waals surface area contributed by atoms with Gasteiger partial charge in [0.15, 0.2) is 0 Å². The minimum Gasteiger partial charge on any atom is -0.481 e. The Kier molecular flexibility index (Phi) is 3.64. The second-order valence-corrected chi connectivity index (χ2v) is 7.09. The highest BCUT2D eigenvalue weighted by Crippen LogP contribution is 2.40. The number of aliphatic carboxylic acids is 1. The van der Waals surface area contributed by atoms with Gasteiger partial charge in [-0.05, 0) is 26.7 Å². The first-order valence-corrected chi connectivity index (χ1v) is 7.91. The molecule has 1 aliphatic carbocycles. The molecular weight excluding hydrogens is 282 g/mol. The number of hydrogen-bond acceptors (Lipinski definition) is 4. The van der Waals surface area contributed by atoms with Gasteiger partial charge in [-0.25, -0.2) is 13.1 Å². The highest BCUT2D eigenvalue weighted by atomic mass is 32.2. The molecule has 8 heteroatoms. The maximum absolute atomic E-state index is 12.3. The molecule has 0 aliphatic heterocycles. The van der Waals surface area contributed by atoms with Gasteiger partial charge in [-0.3, -0.25) is 9.48 Å². The summed E-state index contributed by atoms with van der Waals surface area (Å²) in [6.07, 6.45) is 1.84. The fraction of sp³-hybridized carbons (Fsp3) is 0.667. The summed E-state index contributed by atoms with van der Waals surface area (Å²) in [4.78, 5) is 11.4. The number of sulfonamides is 1. The number of nitrogens with one attached hydrogen (secondary N) is 1. The lowest BCUT2D eigenvalue weighted by atomic mass is 9.69. The predicted molar refractivity (Wildman–Crippen MR) is 71.8 cm³/mol. The minimum absolute atomic E-state index is 0.0710. The van der Waals surface area contributed by atoms with Crippen LogP contribution >= 0.6 is 0 Å². The summed E-state index contributed by atoms with van der Waals surface area (Å²) in [5, 5.41) is 13.3. The maximum Gasteiger partial charge on any atom is 0.310 e. The Bertz CT molecular complexity index is 644. The number of nitrogens with zero attached hydrogens (tertiary/aromatic N) is 2. The molecule has 0 saturated heterocycles. The molecule has 0 atom stereocenters. The molecule has 7 nitrogen and oxygen atoms in total. The molecule has 0 bridgehead atoms. The van der Waals surface area contributed by atoms with Gasteiger partial charge in [-0.1, -0.05) is 6.42 Å². The Morgan fingerprint density at radius 1 is 1.45 bits per heavy atom. The van der Waals surface area contributed by atoms with Gasteiger partial charge in [0.05, 0.1) is 16.8 Å². The van der Waals surface area contributed by atoms with E-state index in [0.717, 1.165) is 6.42 Å². The summed E-state index contributed by atoms with van der Waals surface area (Å²) in [7, 11) is -2.07. The summed E-state index contributed by atoms with van der Waals surface area (Å²) in [6.45, 7) is 3.22. The maximum atomic E-state index is 12.3. The summed E-state index contributed by atoms with van der Waals surface area (Å²) in [5.74, 6) is -0.939. The molecular formula is C12H19N3O4S. The van der Waals surface area contributed by atoms with Gasteiger partial charge in [-0.15, -0.1) is 0 Å². The highest BCUT2D eigenvalue weighted by Gasteiger charge is 2.45. The molecule has 1 saturated carbocycles. The molecule has 1 heterocycles. The number of aryl methyl sites for hydroxylation is 2. The number of hydrogen-bond donors (Lipinski definition) is 2. The van der Waals surface area contributed by atoms with Crippen molar-refractivity contribution in [3.63, 3.8) is 0 Å². The van der Waals surface area contributed by atoms with E-state index < -0.39 is 21.4 Å². The molecule has 1 aromatic heterocycles. The van der Waals surface area contributed by atoms with Crippen LogP contribution in [0.4, 0.5) is 0 Å². The zero-order valence-electron chi connectivity index (χ0n) is 11.8. The van der Waals surface area contributed by atoms with Crippen molar-refractivity contribution in [3.05, 3.63) is 11.4 Å². The monoisotopic (exact) mass is 301 g/mol. The third-order valence-corrected chi connectivity index (χ3v) is 5.73. The third kappa shape index (κ3) is 2.33. The van der Waals surface area contributed by atoms with E-state index in [9.17, 15) is 18.3 Å². The first kappa shape index (κ1) is 15.0. The molecule has 1 aliphatic rings. The SMILES string of the molecule is Cc1nn(C)c(C)c1S(=O)(=O)NCC1(C(=O)O)CCC1. The smallest absolute Gasteiger partial charge is 0.310 e. The largest absolute Gasteiger partial charge is 0.481 e. The quantitative estimate of drug-likeness (QED) is 0.828. The molecule has 0 amide bonds. The number of rotatable bonds is 5. The molecule has 0 radical (unpaired) electrons. The summed E-state index contributed by atoms with van der Waals surface area (Å²) < 4.78 is 28.6. The standard InChI is InChI=1S/C12H19N3O4S/c1-8-10(9(2)15(3)14-8)20(18,19)13-7-12(11(16)17)5-4-6-12/h13H,4-7H2,1-3H3,(H,16,17). The molecule has 1 fully saturated rings. The van der Waals surface area contributed by atoms with Crippen molar-refractivity contribution in [1.29, 1.82) is 0 Å². The number of aromatic nitrogens is 2. The van der Waals surface area contributed by atoms with E-state index in [2.05, 4.69) is 9.82 Å². The lowest BCUT2D eigenvalue weighted by Crippen LogP contribution is -2.47. The van der Waals surface area contributed by atoms with Crippen LogP contribution in [0.5, 0.6) is 0 Å². The van der Waals surface area contributed by atoms with Crippen molar-refractivity contribution < 1.29 is 18.3 Å². The lowest BCUT2D eigenvalue weighted by Gasteiger charge is -2.37. The van der Waals surface area contributed by atoms with Gasteiger partial charge in [0.1, 0.15) is 4.90 Å². The Morgan fingerprint density at radius 2 is 2.05 bits per heavy atom. The lowest BCUT2D eigenvalue weighted by molar-refractivity contribution is -0.153. The Hall–Kier alpha value is -1.41. The Balaban J connectivity index is 2.22.